The molecule has 1 aromatic carbocycles. The first-order valence-corrected chi connectivity index (χ1v) is 5.95. The van der Waals surface area contributed by atoms with E-state index in [1.165, 1.54) is 6.07 Å². The molecule has 2 aromatic heterocycles. The Morgan fingerprint density at radius 2 is 1.95 bits per heavy atom. The lowest BCUT2D eigenvalue weighted by molar-refractivity contribution is 0.616. The van der Waals surface area contributed by atoms with Gasteiger partial charge in [0.15, 0.2) is 0 Å². The Labute approximate surface area is 109 Å². The first-order valence-electron chi connectivity index (χ1n) is 5.95. The first-order chi connectivity index (χ1) is 9.25. The van der Waals surface area contributed by atoms with E-state index in [4.69, 9.17) is 5.73 Å². The molecule has 2 heterocycles. The van der Waals surface area contributed by atoms with Crippen LogP contribution in [0.5, 0.6) is 0 Å². The molecule has 0 spiro atoms. The number of nitrogens with zero attached hydrogens (tertiary/aromatic N) is 2. The maximum Gasteiger partial charge on any atom is 0.141 e. The van der Waals surface area contributed by atoms with Crippen LogP contribution >= 0.6 is 0 Å². The summed E-state index contributed by atoms with van der Waals surface area (Å²) < 4.78 is 13.2. The molecule has 0 radical (unpaired) electrons. The average Bonchev–Trinajstić information content (AvgIpc) is 2.46. The van der Waals surface area contributed by atoms with Gasteiger partial charge in [0, 0.05) is 17.8 Å². The predicted molar refractivity (Wildman–Crippen MR) is 72.0 cm³/mol. The van der Waals surface area contributed by atoms with Gasteiger partial charge in [0.25, 0.3) is 0 Å². The zero-order valence-electron chi connectivity index (χ0n) is 10.1. The van der Waals surface area contributed by atoms with Crippen LogP contribution in [0.15, 0.2) is 55.0 Å². The Hall–Kier alpha value is -2.33. The number of nitrogens with two attached hydrogens (primary N) is 1. The van der Waals surface area contributed by atoms with E-state index in [1.807, 2.05) is 30.3 Å². The molecule has 0 aliphatic rings. The van der Waals surface area contributed by atoms with Gasteiger partial charge in [-0.2, -0.15) is 0 Å². The number of halogens is 1. The second kappa shape index (κ2) is 4.74. The second-order valence-corrected chi connectivity index (χ2v) is 4.33. The molecule has 1 atom stereocenters. The third kappa shape index (κ3) is 2.18. The Morgan fingerprint density at radius 1 is 1.11 bits per heavy atom. The fourth-order valence-corrected chi connectivity index (χ4v) is 2.15. The van der Waals surface area contributed by atoms with Crippen LogP contribution in [-0.4, -0.2) is 9.97 Å². The van der Waals surface area contributed by atoms with Crippen molar-refractivity contribution in [1.29, 1.82) is 0 Å². The summed E-state index contributed by atoms with van der Waals surface area (Å²) in [6, 6.07) is 10.7. The van der Waals surface area contributed by atoms with Crippen molar-refractivity contribution in [2.24, 2.45) is 5.73 Å². The number of benzene rings is 1. The van der Waals surface area contributed by atoms with Crippen molar-refractivity contribution in [3.8, 4) is 0 Å². The Bertz CT molecular complexity index is 722. The van der Waals surface area contributed by atoms with Crippen LogP contribution in [0.25, 0.3) is 10.8 Å². The number of fused-ring (bicyclic) bond motifs is 1. The van der Waals surface area contributed by atoms with Gasteiger partial charge in [-0.25, -0.2) is 4.39 Å². The molecular formula is C15H12FN3. The van der Waals surface area contributed by atoms with Crippen molar-refractivity contribution in [3.63, 3.8) is 0 Å². The molecule has 0 aliphatic heterocycles. The summed E-state index contributed by atoms with van der Waals surface area (Å²) in [7, 11) is 0. The Balaban J connectivity index is 2.14. The monoisotopic (exact) mass is 253 g/mol. The third-order valence-corrected chi connectivity index (χ3v) is 3.08. The summed E-state index contributed by atoms with van der Waals surface area (Å²) >= 11 is 0. The Kier molecular flexibility index (Phi) is 2.93. The minimum atomic E-state index is -0.491. The van der Waals surface area contributed by atoms with Gasteiger partial charge in [-0.15, -0.1) is 0 Å². The molecule has 94 valence electrons. The second-order valence-electron chi connectivity index (χ2n) is 4.33. The van der Waals surface area contributed by atoms with Gasteiger partial charge in [0.2, 0.25) is 0 Å². The summed E-state index contributed by atoms with van der Waals surface area (Å²) in [5.74, 6) is -0.395. The molecular weight excluding hydrogens is 241 g/mol. The zero-order chi connectivity index (χ0) is 13.2. The summed E-state index contributed by atoms with van der Waals surface area (Å²) in [6.07, 6.45) is 4.44. The highest BCUT2D eigenvalue weighted by Gasteiger charge is 2.14. The van der Waals surface area contributed by atoms with Crippen LogP contribution in [-0.2, 0) is 0 Å². The lowest BCUT2D eigenvalue weighted by atomic mass is 10.0. The van der Waals surface area contributed by atoms with Crippen molar-refractivity contribution in [2.45, 2.75) is 6.04 Å². The molecule has 3 rings (SSSR count). The van der Waals surface area contributed by atoms with Crippen molar-refractivity contribution in [2.75, 3.05) is 0 Å². The van der Waals surface area contributed by atoms with Crippen molar-refractivity contribution in [3.05, 3.63) is 72.1 Å². The number of hydrogen-bond donors (Lipinski definition) is 1. The van der Waals surface area contributed by atoms with Crippen LogP contribution in [0.4, 0.5) is 4.39 Å². The van der Waals surface area contributed by atoms with Crippen molar-refractivity contribution >= 4 is 10.8 Å². The van der Waals surface area contributed by atoms with Gasteiger partial charge < -0.3 is 5.73 Å². The third-order valence-electron chi connectivity index (χ3n) is 3.08. The lowest BCUT2D eigenvalue weighted by Gasteiger charge is -2.13. The van der Waals surface area contributed by atoms with Gasteiger partial charge in [0.05, 0.1) is 17.9 Å². The fraction of sp³-hybridized carbons (Fsp3) is 0.0667. The summed E-state index contributed by atoms with van der Waals surface area (Å²) in [6.45, 7) is 0. The largest absolute Gasteiger partial charge is 0.319 e. The van der Waals surface area contributed by atoms with Crippen LogP contribution in [0.1, 0.15) is 17.3 Å². The number of aromatic nitrogens is 2. The van der Waals surface area contributed by atoms with E-state index >= 15 is 0 Å². The maximum atomic E-state index is 13.2. The zero-order valence-corrected chi connectivity index (χ0v) is 10.1. The number of hydrogen-bond acceptors (Lipinski definition) is 3. The Morgan fingerprint density at radius 3 is 2.79 bits per heavy atom. The van der Waals surface area contributed by atoms with Gasteiger partial charge in [-0.1, -0.05) is 24.3 Å². The SMILES string of the molecule is NC(c1cncc(F)c1)c1nccc2ccccc12. The van der Waals surface area contributed by atoms with E-state index in [9.17, 15) is 4.39 Å². The van der Waals surface area contributed by atoms with Gasteiger partial charge in [-0.3, -0.25) is 9.97 Å². The average molecular weight is 253 g/mol. The molecule has 3 nitrogen and oxygen atoms in total. The molecule has 1 unspecified atom stereocenters. The van der Waals surface area contributed by atoms with Crippen molar-refractivity contribution < 1.29 is 4.39 Å². The quantitative estimate of drug-likeness (QED) is 0.764. The topological polar surface area (TPSA) is 51.8 Å². The van der Waals surface area contributed by atoms with Gasteiger partial charge in [-0.05, 0) is 23.1 Å². The molecule has 0 fully saturated rings. The normalized spacial score (nSPS) is 12.5. The summed E-state index contributed by atoms with van der Waals surface area (Å²) in [5.41, 5.74) is 7.52. The summed E-state index contributed by atoms with van der Waals surface area (Å²) in [4.78, 5) is 8.17. The molecule has 0 saturated heterocycles. The van der Waals surface area contributed by atoms with E-state index in [-0.39, 0.29) is 0 Å². The molecule has 0 aliphatic carbocycles. The smallest absolute Gasteiger partial charge is 0.141 e. The van der Waals surface area contributed by atoms with E-state index < -0.39 is 11.9 Å². The maximum absolute atomic E-state index is 13.2. The van der Waals surface area contributed by atoms with E-state index in [0.717, 1.165) is 22.7 Å². The molecule has 2 N–H and O–H groups in total. The molecule has 4 heteroatoms. The van der Waals surface area contributed by atoms with E-state index in [1.54, 1.807) is 12.4 Å². The molecule has 3 aromatic rings. The van der Waals surface area contributed by atoms with E-state index in [0.29, 0.717) is 5.56 Å². The van der Waals surface area contributed by atoms with Crippen LogP contribution in [0.3, 0.4) is 0 Å². The van der Waals surface area contributed by atoms with Crippen LogP contribution in [0, 0.1) is 5.82 Å². The fourth-order valence-electron chi connectivity index (χ4n) is 2.15. The highest BCUT2D eigenvalue weighted by molar-refractivity contribution is 5.85. The van der Waals surface area contributed by atoms with Gasteiger partial charge >= 0.3 is 0 Å². The standard InChI is InChI=1S/C15H12FN3/c16-12-7-11(8-18-9-12)14(17)15-13-4-2-1-3-10(13)5-6-19-15/h1-9,14H,17H2. The van der Waals surface area contributed by atoms with Crippen LogP contribution in [0.2, 0.25) is 0 Å². The predicted octanol–water partition coefficient (Wildman–Crippen LogP) is 2.82. The molecule has 0 bridgehead atoms. The molecule has 0 saturated carbocycles. The number of rotatable bonds is 2. The first kappa shape index (κ1) is 11.7. The van der Waals surface area contributed by atoms with Crippen molar-refractivity contribution in [1.82, 2.24) is 9.97 Å². The summed E-state index contributed by atoms with van der Waals surface area (Å²) in [5, 5.41) is 2.04. The highest BCUT2D eigenvalue weighted by Crippen LogP contribution is 2.25. The minimum Gasteiger partial charge on any atom is -0.319 e. The lowest BCUT2D eigenvalue weighted by Crippen LogP contribution is -2.14. The number of pyridine rings is 2. The highest BCUT2D eigenvalue weighted by atomic mass is 19.1. The minimum absolute atomic E-state index is 0.395. The molecule has 0 amide bonds. The van der Waals surface area contributed by atoms with E-state index in [2.05, 4.69) is 9.97 Å². The van der Waals surface area contributed by atoms with Gasteiger partial charge in [0.1, 0.15) is 5.82 Å². The molecule has 19 heavy (non-hydrogen) atoms. The van der Waals surface area contributed by atoms with Crippen LogP contribution < -0.4 is 5.73 Å².